The van der Waals surface area contributed by atoms with E-state index in [4.69, 9.17) is 0 Å². The highest BCUT2D eigenvalue weighted by atomic mass is 15.2. The Labute approximate surface area is 117 Å². The molecule has 3 heterocycles. The van der Waals surface area contributed by atoms with Gasteiger partial charge in [-0.1, -0.05) is 0 Å². The van der Waals surface area contributed by atoms with Crippen LogP contribution in [0.1, 0.15) is 11.4 Å². The summed E-state index contributed by atoms with van der Waals surface area (Å²) in [5.74, 6) is 0. The minimum Gasteiger partial charge on any atom is -0.319 e. The SMILES string of the molecule is CNCCc1cn2c(-c3cnn(C)c3)cnc2c(C)n1. The number of nitrogens with one attached hydrogen (secondary N) is 1. The summed E-state index contributed by atoms with van der Waals surface area (Å²) in [6.07, 6.45) is 8.69. The third-order valence-corrected chi connectivity index (χ3v) is 3.34. The van der Waals surface area contributed by atoms with Gasteiger partial charge in [0.15, 0.2) is 5.65 Å². The van der Waals surface area contributed by atoms with E-state index in [0.29, 0.717) is 0 Å². The van der Waals surface area contributed by atoms with Gasteiger partial charge in [-0.25, -0.2) is 4.98 Å². The van der Waals surface area contributed by atoms with Crippen molar-refractivity contribution in [3.8, 4) is 11.3 Å². The molecule has 0 amide bonds. The smallest absolute Gasteiger partial charge is 0.158 e. The van der Waals surface area contributed by atoms with Crippen LogP contribution in [0.4, 0.5) is 0 Å². The summed E-state index contributed by atoms with van der Waals surface area (Å²) in [5, 5.41) is 7.37. The summed E-state index contributed by atoms with van der Waals surface area (Å²) in [5.41, 5.74) is 5.02. The zero-order valence-electron chi connectivity index (χ0n) is 12.0. The number of nitrogens with zero attached hydrogens (tertiary/aromatic N) is 5. The van der Waals surface area contributed by atoms with Crippen LogP contribution in [0.15, 0.2) is 24.8 Å². The van der Waals surface area contributed by atoms with E-state index in [0.717, 1.165) is 41.3 Å². The fourth-order valence-corrected chi connectivity index (χ4v) is 2.34. The van der Waals surface area contributed by atoms with Gasteiger partial charge in [0.1, 0.15) is 0 Å². The number of likely N-dealkylation sites (N-methyl/N-ethyl adjacent to an activating group) is 1. The molecule has 6 heteroatoms. The van der Waals surface area contributed by atoms with Crippen LogP contribution in [0.2, 0.25) is 0 Å². The van der Waals surface area contributed by atoms with Gasteiger partial charge in [0.2, 0.25) is 0 Å². The second-order valence-electron chi connectivity index (χ2n) is 4.91. The summed E-state index contributed by atoms with van der Waals surface area (Å²) < 4.78 is 3.90. The monoisotopic (exact) mass is 270 g/mol. The van der Waals surface area contributed by atoms with Crippen molar-refractivity contribution in [3.63, 3.8) is 0 Å². The molecule has 3 aromatic heterocycles. The maximum absolute atomic E-state index is 4.61. The largest absolute Gasteiger partial charge is 0.319 e. The first-order chi connectivity index (χ1) is 9.69. The van der Waals surface area contributed by atoms with Crippen molar-refractivity contribution < 1.29 is 0 Å². The molecule has 0 spiro atoms. The lowest BCUT2D eigenvalue weighted by Crippen LogP contribution is -2.12. The number of rotatable bonds is 4. The number of hydrogen-bond donors (Lipinski definition) is 1. The summed E-state index contributed by atoms with van der Waals surface area (Å²) in [7, 11) is 3.86. The molecule has 0 saturated heterocycles. The Bertz CT molecular complexity index is 739. The molecule has 3 aromatic rings. The number of aromatic nitrogens is 5. The van der Waals surface area contributed by atoms with Crippen LogP contribution in [-0.2, 0) is 13.5 Å². The van der Waals surface area contributed by atoms with Gasteiger partial charge in [0.25, 0.3) is 0 Å². The molecule has 3 rings (SSSR count). The maximum Gasteiger partial charge on any atom is 0.158 e. The van der Waals surface area contributed by atoms with Crippen molar-refractivity contribution in [2.75, 3.05) is 13.6 Å². The molecule has 0 radical (unpaired) electrons. The minimum atomic E-state index is 0.900. The predicted molar refractivity (Wildman–Crippen MR) is 77.6 cm³/mol. The van der Waals surface area contributed by atoms with Gasteiger partial charge in [-0.15, -0.1) is 0 Å². The van der Waals surface area contributed by atoms with Crippen molar-refractivity contribution in [2.45, 2.75) is 13.3 Å². The van der Waals surface area contributed by atoms with Crippen molar-refractivity contribution >= 4 is 5.65 Å². The first kappa shape index (κ1) is 12.8. The van der Waals surface area contributed by atoms with E-state index in [1.54, 1.807) is 4.68 Å². The van der Waals surface area contributed by atoms with E-state index in [9.17, 15) is 0 Å². The molecule has 1 N–H and O–H groups in total. The molecule has 20 heavy (non-hydrogen) atoms. The molecule has 104 valence electrons. The van der Waals surface area contributed by atoms with Gasteiger partial charge < -0.3 is 5.32 Å². The van der Waals surface area contributed by atoms with Crippen molar-refractivity contribution in [1.82, 2.24) is 29.5 Å². The van der Waals surface area contributed by atoms with Crippen LogP contribution in [0.3, 0.4) is 0 Å². The minimum absolute atomic E-state index is 0.900. The zero-order chi connectivity index (χ0) is 14.1. The highest BCUT2D eigenvalue weighted by Gasteiger charge is 2.11. The van der Waals surface area contributed by atoms with E-state index in [1.807, 2.05) is 39.6 Å². The molecular weight excluding hydrogens is 252 g/mol. The maximum atomic E-state index is 4.61. The third kappa shape index (κ3) is 2.18. The Kier molecular flexibility index (Phi) is 3.23. The van der Waals surface area contributed by atoms with E-state index in [-0.39, 0.29) is 0 Å². The molecule has 0 unspecified atom stereocenters. The topological polar surface area (TPSA) is 60.0 Å². The van der Waals surface area contributed by atoms with Gasteiger partial charge in [0.05, 0.1) is 29.5 Å². The number of aryl methyl sites for hydroxylation is 2. The molecule has 0 fully saturated rings. The van der Waals surface area contributed by atoms with Crippen molar-refractivity contribution in [1.29, 1.82) is 0 Å². The lowest BCUT2D eigenvalue weighted by Gasteiger charge is -2.06. The first-order valence-corrected chi connectivity index (χ1v) is 6.66. The molecule has 0 saturated carbocycles. The van der Waals surface area contributed by atoms with E-state index in [1.165, 1.54) is 0 Å². The van der Waals surface area contributed by atoms with E-state index in [2.05, 4.69) is 31.0 Å². The first-order valence-electron chi connectivity index (χ1n) is 6.66. The Balaban J connectivity index is 2.12. The molecule has 0 aliphatic carbocycles. The van der Waals surface area contributed by atoms with E-state index < -0.39 is 0 Å². The summed E-state index contributed by atoms with van der Waals surface area (Å²) in [4.78, 5) is 9.08. The zero-order valence-corrected chi connectivity index (χ0v) is 12.0. The highest BCUT2D eigenvalue weighted by Crippen LogP contribution is 2.21. The average Bonchev–Trinajstić information content (AvgIpc) is 3.02. The van der Waals surface area contributed by atoms with Gasteiger partial charge in [-0.2, -0.15) is 5.10 Å². The van der Waals surface area contributed by atoms with Gasteiger partial charge in [-0.3, -0.25) is 14.1 Å². The molecule has 0 atom stereocenters. The quantitative estimate of drug-likeness (QED) is 0.774. The van der Waals surface area contributed by atoms with Gasteiger partial charge >= 0.3 is 0 Å². The fourth-order valence-electron chi connectivity index (χ4n) is 2.34. The summed E-state index contributed by atoms with van der Waals surface area (Å²) in [6, 6.07) is 0. The van der Waals surface area contributed by atoms with Crippen LogP contribution in [0.25, 0.3) is 16.9 Å². The Morgan fingerprint density at radius 3 is 2.80 bits per heavy atom. The molecule has 0 aliphatic rings. The Hall–Kier alpha value is -2.21. The van der Waals surface area contributed by atoms with Crippen LogP contribution in [-0.4, -0.2) is 37.7 Å². The Morgan fingerprint density at radius 2 is 2.10 bits per heavy atom. The van der Waals surface area contributed by atoms with Crippen LogP contribution in [0.5, 0.6) is 0 Å². The third-order valence-electron chi connectivity index (χ3n) is 3.34. The lowest BCUT2D eigenvalue weighted by molar-refractivity contribution is 0.767. The van der Waals surface area contributed by atoms with Crippen molar-refractivity contribution in [2.24, 2.45) is 7.05 Å². The summed E-state index contributed by atoms with van der Waals surface area (Å²) >= 11 is 0. The normalized spacial score (nSPS) is 11.3. The van der Waals surface area contributed by atoms with Crippen molar-refractivity contribution in [3.05, 3.63) is 36.2 Å². The molecule has 0 aliphatic heterocycles. The van der Waals surface area contributed by atoms with Crippen LogP contribution >= 0.6 is 0 Å². The molecule has 6 nitrogen and oxygen atoms in total. The summed E-state index contributed by atoms with van der Waals surface area (Å²) in [6.45, 7) is 2.91. The standard InChI is InChI=1S/C14H18N6/c1-10-14-16-7-13(11-6-17-19(3)8-11)20(14)9-12(18-10)4-5-15-2/h6-9,15H,4-5H2,1-3H3. The van der Waals surface area contributed by atoms with Gasteiger partial charge in [-0.05, 0) is 14.0 Å². The lowest BCUT2D eigenvalue weighted by atomic mass is 10.2. The predicted octanol–water partition coefficient (Wildman–Crippen LogP) is 1.20. The molecule has 0 bridgehead atoms. The second-order valence-corrected chi connectivity index (χ2v) is 4.91. The van der Waals surface area contributed by atoms with Crippen LogP contribution < -0.4 is 5.32 Å². The second kappa shape index (κ2) is 5.05. The molecular formula is C14H18N6. The number of imidazole rings is 1. The Morgan fingerprint density at radius 1 is 1.25 bits per heavy atom. The van der Waals surface area contributed by atoms with E-state index >= 15 is 0 Å². The molecule has 0 aromatic carbocycles. The van der Waals surface area contributed by atoms with Gasteiger partial charge in [0, 0.05) is 38.0 Å². The number of fused-ring (bicyclic) bond motifs is 1. The fraction of sp³-hybridized carbons (Fsp3) is 0.357. The number of hydrogen-bond acceptors (Lipinski definition) is 4. The average molecular weight is 270 g/mol. The van der Waals surface area contributed by atoms with Crippen LogP contribution in [0, 0.1) is 6.92 Å². The highest BCUT2D eigenvalue weighted by molar-refractivity contribution is 5.63.